The fourth-order valence-corrected chi connectivity index (χ4v) is 3.44. The van der Waals surface area contributed by atoms with Crippen LogP contribution in [0, 0.1) is 13.8 Å². The third-order valence-corrected chi connectivity index (χ3v) is 4.64. The lowest BCUT2D eigenvalue weighted by molar-refractivity contribution is -0.132. The Morgan fingerprint density at radius 3 is 2.92 bits per heavy atom. The third kappa shape index (κ3) is 3.37. The first kappa shape index (κ1) is 16.4. The van der Waals surface area contributed by atoms with Crippen LogP contribution in [0.3, 0.4) is 0 Å². The van der Waals surface area contributed by atoms with Crippen molar-refractivity contribution < 1.29 is 4.79 Å². The van der Waals surface area contributed by atoms with Crippen molar-refractivity contribution in [2.24, 2.45) is 0 Å². The number of amides is 1. The minimum Gasteiger partial charge on any atom is -0.334 e. The maximum atomic E-state index is 12.7. The quantitative estimate of drug-likeness (QED) is 0.933. The van der Waals surface area contributed by atoms with Crippen molar-refractivity contribution in [1.29, 1.82) is 0 Å². The van der Waals surface area contributed by atoms with Gasteiger partial charge in [-0.15, -0.1) is 0 Å². The van der Waals surface area contributed by atoms with Crippen LogP contribution in [-0.2, 0) is 11.2 Å². The van der Waals surface area contributed by atoms with E-state index in [1.165, 1.54) is 0 Å². The Hall–Kier alpha value is -2.50. The van der Waals surface area contributed by atoms with Gasteiger partial charge in [0.25, 0.3) is 0 Å². The second kappa shape index (κ2) is 6.95. The highest BCUT2D eigenvalue weighted by Gasteiger charge is 2.30. The second-order valence-corrected chi connectivity index (χ2v) is 6.23. The van der Waals surface area contributed by atoms with Crippen LogP contribution < -0.4 is 5.69 Å². The van der Waals surface area contributed by atoms with Crippen LogP contribution in [0.1, 0.15) is 47.9 Å². The molecule has 1 fully saturated rings. The van der Waals surface area contributed by atoms with E-state index in [-0.39, 0.29) is 17.6 Å². The number of nitrogens with zero attached hydrogens (tertiary/aromatic N) is 3. The molecule has 1 N–H and O–H groups in total. The van der Waals surface area contributed by atoms with E-state index >= 15 is 0 Å². The Morgan fingerprint density at radius 1 is 1.38 bits per heavy atom. The molecule has 0 unspecified atom stereocenters. The van der Waals surface area contributed by atoms with Gasteiger partial charge in [-0.1, -0.05) is 6.07 Å². The SMILES string of the molecule is Cc1nc(=O)[nH]c(C)c1CCC(=O)N1CCC[C@@H]1c1ccccn1. The van der Waals surface area contributed by atoms with Gasteiger partial charge in [-0.05, 0) is 50.8 Å². The second-order valence-electron chi connectivity index (χ2n) is 6.23. The van der Waals surface area contributed by atoms with E-state index in [0.717, 1.165) is 36.3 Å². The monoisotopic (exact) mass is 326 g/mol. The average Bonchev–Trinajstić information content (AvgIpc) is 3.04. The number of H-pyrrole nitrogens is 1. The number of aromatic amines is 1. The lowest BCUT2D eigenvalue weighted by Crippen LogP contribution is -2.31. The van der Waals surface area contributed by atoms with Gasteiger partial charge >= 0.3 is 5.69 Å². The Kier molecular flexibility index (Phi) is 4.74. The molecule has 0 aromatic carbocycles. The molecule has 0 bridgehead atoms. The number of carbonyl (C=O) groups excluding carboxylic acids is 1. The fraction of sp³-hybridized carbons (Fsp3) is 0.444. The molecule has 6 nitrogen and oxygen atoms in total. The lowest BCUT2D eigenvalue weighted by atomic mass is 10.1. The van der Waals surface area contributed by atoms with Gasteiger partial charge in [0.2, 0.25) is 5.91 Å². The van der Waals surface area contributed by atoms with Crippen molar-refractivity contribution in [1.82, 2.24) is 19.9 Å². The number of pyridine rings is 1. The number of hydrogen-bond acceptors (Lipinski definition) is 4. The molecule has 0 saturated carbocycles. The summed E-state index contributed by atoms with van der Waals surface area (Å²) in [4.78, 5) is 37.0. The molecular formula is C18H22N4O2. The molecule has 0 aliphatic carbocycles. The highest BCUT2D eigenvalue weighted by Crippen LogP contribution is 2.31. The van der Waals surface area contributed by atoms with Crippen molar-refractivity contribution >= 4 is 5.91 Å². The van der Waals surface area contributed by atoms with Crippen molar-refractivity contribution in [3.05, 3.63) is 57.5 Å². The van der Waals surface area contributed by atoms with Crippen LogP contribution in [0.25, 0.3) is 0 Å². The van der Waals surface area contributed by atoms with Crippen LogP contribution in [0.4, 0.5) is 0 Å². The molecule has 24 heavy (non-hydrogen) atoms. The molecule has 126 valence electrons. The molecule has 0 spiro atoms. The maximum Gasteiger partial charge on any atom is 0.345 e. The minimum absolute atomic E-state index is 0.0783. The normalized spacial score (nSPS) is 17.2. The Morgan fingerprint density at radius 2 is 2.21 bits per heavy atom. The molecule has 3 heterocycles. The highest BCUT2D eigenvalue weighted by molar-refractivity contribution is 5.77. The zero-order chi connectivity index (χ0) is 17.1. The zero-order valence-electron chi connectivity index (χ0n) is 14.1. The standard InChI is InChI=1S/C18H22N4O2/c1-12-14(13(2)21-18(24)20-12)8-9-17(23)22-11-5-7-16(22)15-6-3-4-10-19-15/h3-4,6,10,16H,5,7-9,11H2,1-2H3,(H,20,21,24)/t16-/m1/s1. The smallest absolute Gasteiger partial charge is 0.334 e. The molecule has 1 atom stereocenters. The van der Waals surface area contributed by atoms with Crippen LogP contribution in [0.15, 0.2) is 29.2 Å². The first-order valence-electron chi connectivity index (χ1n) is 8.33. The summed E-state index contributed by atoms with van der Waals surface area (Å²) in [7, 11) is 0. The number of hydrogen-bond donors (Lipinski definition) is 1. The van der Waals surface area contributed by atoms with E-state index in [4.69, 9.17) is 0 Å². The molecular weight excluding hydrogens is 304 g/mol. The summed E-state index contributed by atoms with van der Waals surface area (Å²) < 4.78 is 0. The predicted octanol–water partition coefficient (Wildman–Crippen LogP) is 2.08. The third-order valence-electron chi connectivity index (χ3n) is 4.64. The van der Waals surface area contributed by atoms with Gasteiger partial charge in [0, 0.05) is 30.6 Å². The first-order chi connectivity index (χ1) is 11.6. The average molecular weight is 326 g/mol. The molecule has 1 saturated heterocycles. The van der Waals surface area contributed by atoms with E-state index in [9.17, 15) is 9.59 Å². The zero-order valence-corrected chi connectivity index (χ0v) is 14.1. The summed E-state index contributed by atoms with van der Waals surface area (Å²) in [5.74, 6) is 0.133. The van der Waals surface area contributed by atoms with Gasteiger partial charge in [-0.25, -0.2) is 4.79 Å². The Labute approximate surface area is 141 Å². The fourth-order valence-electron chi connectivity index (χ4n) is 3.44. The van der Waals surface area contributed by atoms with E-state index in [2.05, 4.69) is 15.0 Å². The highest BCUT2D eigenvalue weighted by atomic mass is 16.2. The van der Waals surface area contributed by atoms with Gasteiger partial charge in [-0.2, -0.15) is 4.98 Å². The number of rotatable bonds is 4. The largest absolute Gasteiger partial charge is 0.345 e. The minimum atomic E-state index is -0.338. The van der Waals surface area contributed by atoms with E-state index < -0.39 is 0 Å². The van der Waals surface area contributed by atoms with Crippen LogP contribution >= 0.6 is 0 Å². The van der Waals surface area contributed by atoms with Crippen molar-refractivity contribution in [3.63, 3.8) is 0 Å². The first-order valence-corrected chi connectivity index (χ1v) is 8.33. The Balaban J connectivity index is 1.70. The summed E-state index contributed by atoms with van der Waals surface area (Å²) in [5, 5.41) is 0. The summed E-state index contributed by atoms with van der Waals surface area (Å²) in [6, 6.07) is 5.91. The maximum absolute atomic E-state index is 12.7. The summed E-state index contributed by atoms with van der Waals surface area (Å²) in [5.41, 5.74) is 3.07. The van der Waals surface area contributed by atoms with Gasteiger partial charge in [0.1, 0.15) is 0 Å². The van der Waals surface area contributed by atoms with Crippen molar-refractivity contribution in [2.75, 3.05) is 6.54 Å². The van der Waals surface area contributed by atoms with Crippen LogP contribution in [0.5, 0.6) is 0 Å². The number of aryl methyl sites for hydroxylation is 2. The molecule has 6 heteroatoms. The van der Waals surface area contributed by atoms with E-state index in [0.29, 0.717) is 18.5 Å². The number of likely N-dealkylation sites (tertiary alicyclic amines) is 1. The summed E-state index contributed by atoms with van der Waals surface area (Å²) in [6.07, 6.45) is 4.74. The molecule has 2 aromatic heterocycles. The molecule has 1 aliphatic rings. The number of aromatic nitrogens is 3. The molecule has 0 radical (unpaired) electrons. The van der Waals surface area contributed by atoms with E-state index in [1.54, 1.807) is 6.20 Å². The predicted molar refractivity (Wildman–Crippen MR) is 90.6 cm³/mol. The van der Waals surface area contributed by atoms with Crippen LogP contribution in [0.2, 0.25) is 0 Å². The van der Waals surface area contributed by atoms with Gasteiger partial charge in [-0.3, -0.25) is 9.78 Å². The van der Waals surface area contributed by atoms with Gasteiger partial charge in [0.05, 0.1) is 11.7 Å². The molecule has 1 aliphatic heterocycles. The van der Waals surface area contributed by atoms with Crippen molar-refractivity contribution in [2.45, 2.75) is 45.6 Å². The van der Waals surface area contributed by atoms with Gasteiger partial charge in [0.15, 0.2) is 0 Å². The lowest BCUT2D eigenvalue weighted by Gasteiger charge is -2.24. The number of carbonyl (C=O) groups is 1. The van der Waals surface area contributed by atoms with Crippen molar-refractivity contribution in [3.8, 4) is 0 Å². The van der Waals surface area contributed by atoms with E-state index in [1.807, 2.05) is 36.9 Å². The number of nitrogens with one attached hydrogen (secondary N) is 1. The Bertz CT molecular complexity index is 759. The molecule has 3 rings (SSSR count). The summed E-state index contributed by atoms with van der Waals surface area (Å²) >= 11 is 0. The topological polar surface area (TPSA) is 79.0 Å². The summed E-state index contributed by atoms with van der Waals surface area (Å²) in [6.45, 7) is 4.44. The molecule has 2 aromatic rings. The van der Waals surface area contributed by atoms with Crippen LogP contribution in [-0.4, -0.2) is 32.3 Å². The van der Waals surface area contributed by atoms with Gasteiger partial charge < -0.3 is 9.88 Å². The molecule has 1 amide bonds.